The number of nitrogens with zero attached hydrogens (tertiary/aromatic N) is 3. The van der Waals surface area contributed by atoms with Gasteiger partial charge in [0.05, 0.1) is 5.69 Å². The number of thiazole rings is 1. The Balaban J connectivity index is 0.00000208. The average Bonchev–Trinajstić information content (AvgIpc) is 3.05. The first-order chi connectivity index (χ1) is 11.3. The lowest BCUT2D eigenvalue weighted by molar-refractivity contribution is -0.136. The average molecular weight is 368 g/mol. The summed E-state index contributed by atoms with van der Waals surface area (Å²) in [4.78, 5) is 20.7. The molecule has 24 heavy (non-hydrogen) atoms. The summed E-state index contributed by atoms with van der Waals surface area (Å²) in [5, 5.41) is 3.19. The Hall–Kier alpha value is -1.47. The van der Waals surface area contributed by atoms with Crippen LogP contribution in [0.4, 0.5) is 0 Å². The number of aromatic nitrogens is 1. The van der Waals surface area contributed by atoms with Gasteiger partial charge in [-0.15, -0.1) is 23.7 Å². The van der Waals surface area contributed by atoms with Crippen molar-refractivity contribution in [3.63, 3.8) is 0 Å². The van der Waals surface area contributed by atoms with Gasteiger partial charge >= 0.3 is 0 Å². The molecule has 130 valence electrons. The Morgan fingerprint density at radius 3 is 2.58 bits per heavy atom. The zero-order valence-corrected chi connectivity index (χ0v) is 15.3. The van der Waals surface area contributed by atoms with E-state index in [4.69, 9.17) is 9.72 Å². The topological polar surface area (TPSA) is 45.7 Å². The highest BCUT2D eigenvalue weighted by molar-refractivity contribution is 7.13. The van der Waals surface area contributed by atoms with Gasteiger partial charge in [-0.3, -0.25) is 9.69 Å². The van der Waals surface area contributed by atoms with Crippen molar-refractivity contribution in [1.82, 2.24) is 14.8 Å². The van der Waals surface area contributed by atoms with Crippen molar-refractivity contribution in [3.05, 3.63) is 41.4 Å². The third kappa shape index (κ3) is 4.77. The van der Waals surface area contributed by atoms with Gasteiger partial charge in [-0.1, -0.05) is 30.3 Å². The van der Waals surface area contributed by atoms with Crippen molar-refractivity contribution in [1.29, 1.82) is 0 Å². The molecule has 0 radical (unpaired) electrons. The van der Waals surface area contributed by atoms with Gasteiger partial charge in [-0.25, -0.2) is 4.98 Å². The summed E-state index contributed by atoms with van der Waals surface area (Å²) >= 11 is 1.68. The monoisotopic (exact) mass is 367 g/mol. The quantitative estimate of drug-likeness (QED) is 0.814. The predicted octanol–water partition coefficient (Wildman–Crippen LogP) is 2.52. The number of hydrogen-bond donors (Lipinski definition) is 0. The summed E-state index contributed by atoms with van der Waals surface area (Å²) in [7, 11) is 1.56. The van der Waals surface area contributed by atoms with E-state index in [0.717, 1.165) is 43.4 Å². The van der Waals surface area contributed by atoms with E-state index in [1.54, 1.807) is 18.4 Å². The van der Waals surface area contributed by atoms with Crippen molar-refractivity contribution in [2.24, 2.45) is 0 Å². The van der Waals surface area contributed by atoms with Crippen LogP contribution >= 0.6 is 23.7 Å². The van der Waals surface area contributed by atoms with Crippen molar-refractivity contribution in [3.8, 4) is 10.6 Å². The summed E-state index contributed by atoms with van der Waals surface area (Å²) in [5.41, 5.74) is 2.27. The Kier molecular flexibility index (Phi) is 7.17. The van der Waals surface area contributed by atoms with Crippen molar-refractivity contribution >= 4 is 29.7 Å². The fourth-order valence-electron chi connectivity index (χ4n) is 2.69. The largest absolute Gasteiger partial charge is 0.375 e. The number of carbonyl (C=O) groups excluding carboxylic acids is 1. The molecular formula is C17H22ClN3O2S. The van der Waals surface area contributed by atoms with Crippen molar-refractivity contribution in [2.75, 3.05) is 39.9 Å². The molecule has 1 aromatic carbocycles. The number of amides is 1. The van der Waals surface area contributed by atoms with E-state index >= 15 is 0 Å². The summed E-state index contributed by atoms with van der Waals surface area (Å²) in [6, 6.07) is 10.3. The number of methoxy groups -OCH3 is 1. The lowest BCUT2D eigenvalue weighted by atomic mass is 10.2. The van der Waals surface area contributed by atoms with Crippen LogP contribution in [-0.4, -0.2) is 60.6 Å². The van der Waals surface area contributed by atoms with Crippen LogP contribution in [0.5, 0.6) is 0 Å². The number of ether oxygens (including phenoxy) is 1. The van der Waals surface area contributed by atoms with E-state index in [0.29, 0.717) is 0 Å². The van der Waals surface area contributed by atoms with Gasteiger partial charge in [0.1, 0.15) is 11.6 Å². The van der Waals surface area contributed by atoms with Gasteiger partial charge in [0.25, 0.3) is 0 Å². The summed E-state index contributed by atoms with van der Waals surface area (Å²) in [6.07, 6.45) is 0. The molecule has 0 atom stereocenters. The number of halogens is 1. The number of carbonyl (C=O) groups is 1. The maximum atomic E-state index is 11.8. The minimum Gasteiger partial charge on any atom is -0.375 e. The maximum Gasteiger partial charge on any atom is 0.248 e. The Morgan fingerprint density at radius 1 is 1.21 bits per heavy atom. The van der Waals surface area contributed by atoms with E-state index in [1.165, 1.54) is 5.56 Å². The van der Waals surface area contributed by atoms with Crippen molar-refractivity contribution < 1.29 is 9.53 Å². The van der Waals surface area contributed by atoms with Crippen LogP contribution in [0.25, 0.3) is 10.6 Å². The van der Waals surface area contributed by atoms with Crippen LogP contribution in [0.3, 0.4) is 0 Å². The van der Waals surface area contributed by atoms with Crippen LogP contribution in [0, 0.1) is 0 Å². The van der Waals surface area contributed by atoms with Crippen molar-refractivity contribution in [2.45, 2.75) is 6.54 Å². The zero-order valence-electron chi connectivity index (χ0n) is 13.7. The highest BCUT2D eigenvalue weighted by atomic mass is 35.5. The van der Waals surface area contributed by atoms with Gasteiger partial charge in [0.15, 0.2) is 0 Å². The van der Waals surface area contributed by atoms with E-state index in [-0.39, 0.29) is 24.9 Å². The second kappa shape index (κ2) is 9.13. The first-order valence-electron chi connectivity index (χ1n) is 7.75. The minimum absolute atomic E-state index is 0. The number of hydrogen-bond acceptors (Lipinski definition) is 5. The molecule has 0 N–H and O–H groups in total. The maximum absolute atomic E-state index is 11.8. The number of benzene rings is 1. The van der Waals surface area contributed by atoms with Gasteiger partial charge in [-0.05, 0) is 0 Å². The molecule has 2 heterocycles. The van der Waals surface area contributed by atoms with Crippen LogP contribution in [0.15, 0.2) is 35.7 Å². The fourth-order valence-corrected chi connectivity index (χ4v) is 3.51. The molecule has 3 rings (SSSR count). The molecule has 5 nitrogen and oxygen atoms in total. The lowest BCUT2D eigenvalue weighted by Gasteiger charge is -2.34. The van der Waals surface area contributed by atoms with E-state index in [2.05, 4.69) is 22.4 Å². The molecule has 1 aliphatic rings. The highest BCUT2D eigenvalue weighted by Gasteiger charge is 2.21. The molecule has 0 spiro atoms. The van der Waals surface area contributed by atoms with Gasteiger partial charge in [-0.2, -0.15) is 0 Å². The SMILES string of the molecule is COCC(=O)N1CCN(Cc2csc(-c3ccccc3)n2)CC1.Cl. The summed E-state index contributed by atoms with van der Waals surface area (Å²) in [5.74, 6) is 0.0761. The Bertz CT molecular complexity index is 642. The third-order valence-corrected chi connectivity index (χ3v) is 4.89. The predicted molar refractivity (Wildman–Crippen MR) is 98.5 cm³/mol. The van der Waals surface area contributed by atoms with Crippen LogP contribution in [0.2, 0.25) is 0 Å². The van der Waals surface area contributed by atoms with E-state index in [1.807, 2.05) is 23.1 Å². The smallest absolute Gasteiger partial charge is 0.248 e. The molecule has 0 unspecified atom stereocenters. The second-order valence-corrected chi connectivity index (χ2v) is 6.46. The van der Waals surface area contributed by atoms with Crippen LogP contribution < -0.4 is 0 Å². The molecule has 2 aromatic rings. The van der Waals surface area contributed by atoms with Crippen LogP contribution in [0.1, 0.15) is 5.69 Å². The molecule has 1 saturated heterocycles. The molecule has 0 bridgehead atoms. The fraction of sp³-hybridized carbons (Fsp3) is 0.412. The highest BCUT2D eigenvalue weighted by Crippen LogP contribution is 2.24. The first-order valence-corrected chi connectivity index (χ1v) is 8.63. The standard InChI is InChI=1S/C17H21N3O2S.ClH/c1-22-12-16(21)20-9-7-19(8-10-20)11-15-13-23-17(18-15)14-5-3-2-4-6-14;/h2-6,13H,7-12H2,1H3;1H. The second-order valence-electron chi connectivity index (χ2n) is 5.60. The number of piperazine rings is 1. The molecular weight excluding hydrogens is 346 g/mol. The molecule has 1 fully saturated rings. The molecule has 0 saturated carbocycles. The summed E-state index contributed by atoms with van der Waals surface area (Å²) in [6.45, 7) is 4.30. The first kappa shape index (κ1) is 18.9. The molecule has 1 aromatic heterocycles. The Labute approximate surface area is 152 Å². The normalized spacial score (nSPS) is 15.1. The minimum atomic E-state index is 0. The number of rotatable bonds is 5. The molecule has 1 amide bonds. The lowest BCUT2D eigenvalue weighted by Crippen LogP contribution is -2.49. The van der Waals surface area contributed by atoms with Gasteiger partial charge < -0.3 is 9.64 Å². The van der Waals surface area contributed by atoms with Gasteiger partial charge in [0.2, 0.25) is 5.91 Å². The molecule has 7 heteroatoms. The van der Waals surface area contributed by atoms with Gasteiger partial charge in [0, 0.05) is 50.8 Å². The summed E-state index contributed by atoms with van der Waals surface area (Å²) < 4.78 is 4.91. The van der Waals surface area contributed by atoms with E-state index < -0.39 is 0 Å². The molecule has 1 aliphatic heterocycles. The Morgan fingerprint density at radius 2 is 1.92 bits per heavy atom. The third-order valence-electron chi connectivity index (χ3n) is 3.95. The molecule has 0 aliphatic carbocycles. The van der Waals surface area contributed by atoms with Crippen LogP contribution in [-0.2, 0) is 16.1 Å². The zero-order chi connectivity index (χ0) is 16.1. The van der Waals surface area contributed by atoms with E-state index in [9.17, 15) is 4.79 Å².